The topological polar surface area (TPSA) is 113 Å². The average molecular weight is 316 g/mol. The van der Waals surface area contributed by atoms with Crippen molar-refractivity contribution in [2.45, 2.75) is 6.92 Å². The zero-order valence-electron chi connectivity index (χ0n) is 11.4. The summed E-state index contributed by atoms with van der Waals surface area (Å²) in [4.78, 5) is 33.9. The number of benzene rings is 1. The van der Waals surface area contributed by atoms with Crippen LogP contribution in [0.15, 0.2) is 18.2 Å². The normalized spacial score (nSPS) is 11.6. The third kappa shape index (κ3) is 4.60. The molecule has 1 atom stereocenters. The summed E-state index contributed by atoms with van der Waals surface area (Å²) < 4.78 is 0. The smallest absolute Gasteiger partial charge is 0.321 e. The van der Waals surface area contributed by atoms with Crippen LogP contribution in [0.1, 0.15) is 6.92 Å². The molecule has 0 aliphatic heterocycles. The number of carboxylic acid groups (broad SMARTS) is 1. The first-order valence-corrected chi connectivity index (χ1v) is 6.29. The Labute approximate surface area is 125 Å². The Balaban J connectivity index is 2.80. The minimum atomic E-state index is -1.02. The molecule has 1 rings (SSSR count). The number of carbonyl (C=O) groups excluding carboxylic acids is 1. The predicted molar refractivity (Wildman–Crippen MR) is 76.6 cm³/mol. The van der Waals surface area contributed by atoms with Crippen molar-refractivity contribution in [2.24, 2.45) is 5.92 Å². The third-order valence-corrected chi connectivity index (χ3v) is 3.05. The number of hydrogen-bond donors (Lipinski definition) is 2. The van der Waals surface area contributed by atoms with Gasteiger partial charge in [0.2, 0.25) is 0 Å². The van der Waals surface area contributed by atoms with E-state index in [0.717, 1.165) is 11.0 Å². The van der Waals surface area contributed by atoms with E-state index < -0.39 is 22.8 Å². The van der Waals surface area contributed by atoms with Crippen LogP contribution in [-0.4, -0.2) is 40.5 Å². The summed E-state index contributed by atoms with van der Waals surface area (Å²) in [6, 6.07) is 3.04. The summed E-state index contributed by atoms with van der Waals surface area (Å²) in [6.07, 6.45) is 0. The summed E-state index contributed by atoms with van der Waals surface area (Å²) >= 11 is 5.86. The molecule has 0 bridgehead atoms. The summed E-state index contributed by atoms with van der Waals surface area (Å²) in [5.41, 5.74) is -0.123. The summed E-state index contributed by atoms with van der Waals surface area (Å²) in [7, 11) is 1.42. The molecule has 0 fully saturated rings. The minimum Gasteiger partial charge on any atom is -0.481 e. The summed E-state index contributed by atoms with van der Waals surface area (Å²) in [6.45, 7) is 1.46. The van der Waals surface area contributed by atoms with E-state index in [9.17, 15) is 19.7 Å². The second-order valence-corrected chi connectivity index (χ2v) is 4.88. The Morgan fingerprint density at radius 1 is 1.52 bits per heavy atom. The van der Waals surface area contributed by atoms with Gasteiger partial charge in [-0.2, -0.15) is 0 Å². The molecule has 0 aliphatic rings. The Morgan fingerprint density at radius 3 is 2.67 bits per heavy atom. The van der Waals surface area contributed by atoms with Gasteiger partial charge in [-0.15, -0.1) is 0 Å². The van der Waals surface area contributed by atoms with Crippen molar-refractivity contribution in [1.29, 1.82) is 0 Å². The van der Waals surface area contributed by atoms with Gasteiger partial charge in [0.05, 0.1) is 21.6 Å². The number of aliphatic carboxylic acids is 1. The Kier molecular flexibility index (Phi) is 5.48. The lowest BCUT2D eigenvalue weighted by molar-refractivity contribution is -0.384. The number of nitrogens with zero attached hydrogens (tertiary/aromatic N) is 2. The second-order valence-electron chi connectivity index (χ2n) is 4.47. The average Bonchev–Trinajstić information content (AvgIpc) is 2.40. The molecule has 21 heavy (non-hydrogen) atoms. The number of urea groups is 1. The molecule has 0 saturated carbocycles. The molecule has 1 aromatic rings. The van der Waals surface area contributed by atoms with E-state index in [2.05, 4.69) is 5.32 Å². The molecule has 0 radical (unpaired) electrons. The van der Waals surface area contributed by atoms with Crippen molar-refractivity contribution in [1.82, 2.24) is 4.90 Å². The molecule has 2 amide bonds. The first-order chi connectivity index (χ1) is 9.72. The van der Waals surface area contributed by atoms with Gasteiger partial charge in [0.25, 0.3) is 5.69 Å². The van der Waals surface area contributed by atoms with Crippen LogP contribution < -0.4 is 5.32 Å². The molecule has 1 unspecified atom stereocenters. The number of nitro benzene ring substituents is 1. The molecule has 1 aromatic carbocycles. The first kappa shape index (κ1) is 16.7. The maximum atomic E-state index is 11.9. The molecule has 0 aliphatic carbocycles. The molecule has 0 saturated heterocycles. The molecular formula is C12H14ClN3O5. The van der Waals surface area contributed by atoms with Gasteiger partial charge in [0.15, 0.2) is 0 Å². The van der Waals surface area contributed by atoms with Gasteiger partial charge in [-0.3, -0.25) is 14.9 Å². The summed E-state index contributed by atoms with van der Waals surface area (Å²) in [5, 5.41) is 22.0. The molecule has 0 heterocycles. The van der Waals surface area contributed by atoms with Crippen LogP contribution in [0.3, 0.4) is 0 Å². The molecule has 2 N–H and O–H groups in total. The number of rotatable bonds is 5. The quantitative estimate of drug-likeness (QED) is 0.640. The van der Waals surface area contributed by atoms with E-state index >= 15 is 0 Å². The van der Waals surface area contributed by atoms with E-state index in [1.54, 1.807) is 0 Å². The predicted octanol–water partition coefficient (Wildman–Crippen LogP) is 2.43. The highest BCUT2D eigenvalue weighted by Gasteiger charge is 2.19. The van der Waals surface area contributed by atoms with Crippen molar-refractivity contribution in [3.05, 3.63) is 33.3 Å². The lowest BCUT2D eigenvalue weighted by Gasteiger charge is -2.20. The van der Waals surface area contributed by atoms with Gasteiger partial charge in [-0.1, -0.05) is 18.5 Å². The van der Waals surface area contributed by atoms with Crippen molar-refractivity contribution < 1.29 is 19.6 Å². The fraction of sp³-hybridized carbons (Fsp3) is 0.333. The SMILES string of the molecule is CC(CN(C)C(=O)Nc1cc([N+](=O)[O-])ccc1Cl)C(=O)O. The van der Waals surface area contributed by atoms with Gasteiger partial charge in [0.1, 0.15) is 0 Å². The number of amides is 2. The maximum Gasteiger partial charge on any atom is 0.321 e. The fourth-order valence-electron chi connectivity index (χ4n) is 1.51. The van der Waals surface area contributed by atoms with Crippen LogP contribution in [0.5, 0.6) is 0 Å². The Morgan fingerprint density at radius 2 is 2.14 bits per heavy atom. The molecular weight excluding hydrogens is 302 g/mol. The third-order valence-electron chi connectivity index (χ3n) is 2.72. The van der Waals surface area contributed by atoms with E-state index in [0.29, 0.717) is 0 Å². The van der Waals surface area contributed by atoms with Crippen LogP contribution in [-0.2, 0) is 4.79 Å². The lowest BCUT2D eigenvalue weighted by atomic mass is 10.2. The zero-order chi connectivity index (χ0) is 16.2. The number of nitrogens with one attached hydrogen (secondary N) is 1. The molecule has 8 nitrogen and oxygen atoms in total. The van der Waals surface area contributed by atoms with Crippen molar-refractivity contribution in [2.75, 3.05) is 18.9 Å². The highest BCUT2D eigenvalue weighted by Crippen LogP contribution is 2.26. The van der Waals surface area contributed by atoms with Crippen LogP contribution in [0.25, 0.3) is 0 Å². The van der Waals surface area contributed by atoms with Crippen molar-refractivity contribution >= 4 is 35.0 Å². The fourth-order valence-corrected chi connectivity index (χ4v) is 1.67. The molecule has 114 valence electrons. The number of halogens is 1. The minimum absolute atomic E-state index is 0.00624. The molecule has 0 spiro atoms. The highest BCUT2D eigenvalue weighted by molar-refractivity contribution is 6.33. The van der Waals surface area contributed by atoms with Gasteiger partial charge >= 0.3 is 12.0 Å². The van der Waals surface area contributed by atoms with Crippen LogP contribution in [0, 0.1) is 16.0 Å². The number of carboxylic acids is 1. The highest BCUT2D eigenvalue weighted by atomic mass is 35.5. The number of non-ortho nitro benzene ring substituents is 1. The van der Waals surface area contributed by atoms with Crippen LogP contribution in [0.2, 0.25) is 5.02 Å². The molecule has 9 heteroatoms. The van der Waals surface area contributed by atoms with E-state index in [1.165, 1.54) is 26.1 Å². The molecule has 0 aromatic heterocycles. The lowest BCUT2D eigenvalue weighted by Crippen LogP contribution is -2.36. The van der Waals surface area contributed by atoms with Gasteiger partial charge in [0, 0.05) is 25.7 Å². The number of anilines is 1. The van der Waals surface area contributed by atoms with E-state index in [1.807, 2.05) is 0 Å². The number of hydrogen-bond acceptors (Lipinski definition) is 4. The number of carbonyl (C=O) groups is 2. The van der Waals surface area contributed by atoms with E-state index in [4.69, 9.17) is 16.7 Å². The Hall–Kier alpha value is -2.35. The second kappa shape index (κ2) is 6.89. The van der Waals surface area contributed by atoms with Gasteiger partial charge in [-0.05, 0) is 6.07 Å². The van der Waals surface area contributed by atoms with Crippen LogP contribution >= 0.6 is 11.6 Å². The van der Waals surface area contributed by atoms with E-state index in [-0.39, 0.29) is 22.9 Å². The maximum absolute atomic E-state index is 11.9. The Bertz CT molecular complexity index is 578. The first-order valence-electron chi connectivity index (χ1n) is 5.91. The summed E-state index contributed by atoms with van der Waals surface area (Å²) in [5.74, 6) is -1.76. The van der Waals surface area contributed by atoms with Crippen LogP contribution in [0.4, 0.5) is 16.2 Å². The monoisotopic (exact) mass is 315 g/mol. The largest absolute Gasteiger partial charge is 0.481 e. The standard InChI is InChI=1S/C12H14ClN3O5/c1-7(11(17)18)6-15(2)12(19)14-10-5-8(16(20)21)3-4-9(10)13/h3-5,7H,6H2,1-2H3,(H,14,19)(H,17,18). The van der Waals surface area contributed by atoms with Crippen molar-refractivity contribution in [3.8, 4) is 0 Å². The zero-order valence-corrected chi connectivity index (χ0v) is 12.1. The number of nitro groups is 1. The van der Waals surface area contributed by atoms with Crippen molar-refractivity contribution in [3.63, 3.8) is 0 Å². The van der Waals surface area contributed by atoms with Gasteiger partial charge < -0.3 is 15.3 Å². The van der Waals surface area contributed by atoms with Gasteiger partial charge in [-0.25, -0.2) is 4.79 Å².